The maximum Gasteiger partial charge on any atom is 0.335 e. The second-order valence-electron chi connectivity index (χ2n) is 3.70. The number of carboxylic acid groups (broad SMARTS) is 1. The SMILES string of the molecule is O=C(O)c1ccc(-c2ccc(O)c(F)c2)c(O)c1. The van der Waals surface area contributed by atoms with Crippen molar-refractivity contribution >= 4 is 5.97 Å². The smallest absolute Gasteiger partial charge is 0.335 e. The summed E-state index contributed by atoms with van der Waals surface area (Å²) < 4.78 is 13.2. The molecule has 2 aromatic rings. The van der Waals surface area contributed by atoms with E-state index in [1.54, 1.807) is 0 Å². The van der Waals surface area contributed by atoms with Crippen LogP contribution in [0.4, 0.5) is 4.39 Å². The van der Waals surface area contributed by atoms with Gasteiger partial charge in [0.1, 0.15) is 5.75 Å². The number of phenolic OH excluding ortho intramolecular Hbond substituents is 2. The highest BCUT2D eigenvalue weighted by Crippen LogP contribution is 2.32. The third-order valence-electron chi connectivity index (χ3n) is 2.50. The number of carbonyl (C=O) groups is 1. The Hall–Kier alpha value is -2.56. The fraction of sp³-hybridized carbons (Fsp3) is 0. The first-order chi connectivity index (χ1) is 8.49. The van der Waals surface area contributed by atoms with E-state index >= 15 is 0 Å². The number of aromatic hydroxyl groups is 2. The van der Waals surface area contributed by atoms with Gasteiger partial charge in [-0.05, 0) is 35.9 Å². The van der Waals surface area contributed by atoms with Crippen molar-refractivity contribution < 1.29 is 24.5 Å². The number of rotatable bonds is 2. The van der Waals surface area contributed by atoms with E-state index in [0.29, 0.717) is 11.1 Å². The Morgan fingerprint density at radius 3 is 2.28 bits per heavy atom. The first kappa shape index (κ1) is 11.9. The van der Waals surface area contributed by atoms with Crippen LogP contribution in [0.2, 0.25) is 0 Å². The van der Waals surface area contributed by atoms with Gasteiger partial charge in [0.15, 0.2) is 11.6 Å². The molecule has 0 unspecified atom stereocenters. The molecule has 0 atom stereocenters. The monoisotopic (exact) mass is 248 g/mol. The van der Waals surface area contributed by atoms with Crippen LogP contribution >= 0.6 is 0 Å². The van der Waals surface area contributed by atoms with Crippen LogP contribution in [-0.4, -0.2) is 21.3 Å². The molecule has 5 heteroatoms. The largest absolute Gasteiger partial charge is 0.507 e. The molecular weight excluding hydrogens is 239 g/mol. The fourth-order valence-electron chi connectivity index (χ4n) is 1.58. The van der Waals surface area contributed by atoms with Gasteiger partial charge < -0.3 is 15.3 Å². The zero-order chi connectivity index (χ0) is 13.3. The van der Waals surface area contributed by atoms with E-state index in [-0.39, 0.29) is 11.3 Å². The highest BCUT2D eigenvalue weighted by molar-refractivity contribution is 5.89. The van der Waals surface area contributed by atoms with Gasteiger partial charge >= 0.3 is 5.97 Å². The van der Waals surface area contributed by atoms with Gasteiger partial charge in [-0.15, -0.1) is 0 Å². The highest BCUT2D eigenvalue weighted by atomic mass is 19.1. The Morgan fingerprint density at radius 2 is 1.72 bits per heavy atom. The molecule has 0 spiro atoms. The predicted octanol–water partition coefficient (Wildman–Crippen LogP) is 2.60. The molecule has 0 heterocycles. The Balaban J connectivity index is 2.51. The van der Waals surface area contributed by atoms with Gasteiger partial charge in [-0.1, -0.05) is 6.07 Å². The van der Waals surface area contributed by atoms with Crippen molar-refractivity contribution in [3.8, 4) is 22.6 Å². The van der Waals surface area contributed by atoms with Crippen LogP contribution in [0.3, 0.4) is 0 Å². The molecule has 0 saturated carbocycles. The summed E-state index contributed by atoms with van der Waals surface area (Å²) in [5.41, 5.74) is 0.578. The molecule has 0 saturated heterocycles. The standard InChI is InChI=1S/C13H9FO4/c14-10-5-7(2-4-11(10)15)9-3-1-8(13(17)18)6-12(9)16/h1-6,15-16H,(H,17,18). The van der Waals surface area contributed by atoms with Crippen LogP contribution in [-0.2, 0) is 0 Å². The molecule has 0 aliphatic heterocycles. The first-order valence-electron chi connectivity index (χ1n) is 5.04. The molecule has 92 valence electrons. The van der Waals surface area contributed by atoms with Crippen LogP contribution in [0.15, 0.2) is 36.4 Å². The number of carboxylic acids is 1. The normalized spacial score (nSPS) is 10.3. The summed E-state index contributed by atoms with van der Waals surface area (Å²) >= 11 is 0. The molecule has 0 aliphatic carbocycles. The number of aromatic carboxylic acids is 1. The van der Waals surface area contributed by atoms with Gasteiger partial charge in [0.05, 0.1) is 5.56 Å². The van der Waals surface area contributed by atoms with E-state index in [9.17, 15) is 14.3 Å². The highest BCUT2D eigenvalue weighted by Gasteiger charge is 2.11. The summed E-state index contributed by atoms with van der Waals surface area (Å²) in [4.78, 5) is 10.7. The lowest BCUT2D eigenvalue weighted by Gasteiger charge is -2.06. The lowest BCUT2D eigenvalue weighted by Crippen LogP contribution is -1.95. The molecule has 4 nitrogen and oxygen atoms in total. The zero-order valence-corrected chi connectivity index (χ0v) is 9.09. The molecule has 0 bridgehead atoms. The molecule has 3 N–H and O–H groups in total. The van der Waals surface area contributed by atoms with E-state index in [1.807, 2.05) is 0 Å². The maximum absolute atomic E-state index is 13.2. The van der Waals surface area contributed by atoms with Crippen LogP contribution in [0, 0.1) is 5.82 Å². The Kier molecular flexibility index (Phi) is 2.89. The number of hydrogen-bond donors (Lipinski definition) is 3. The Bertz CT molecular complexity index is 622. The van der Waals surface area contributed by atoms with Gasteiger partial charge in [-0.25, -0.2) is 9.18 Å². The number of phenols is 2. The maximum atomic E-state index is 13.2. The van der Waals surface area contributed by atoms with E-state index in [2.05, 4.69) is 0 Å². The zero-order valence-electron chi connectivity index (χ0n) is 9.09. The van der Waals surface area contributed by atoms with Crippen LogP contribution in [0.25, 0.3) is 11.1 Å². The van der Waals surface area contributed by atoms with Crippen molar-refractivity contribution in [1.82, 2.24) is 0 Å². The minimum Gasteiger partial charge on any atom is -0.507 e. The van der Waals surface area contributed by atoms with Crippen molar-refractivity contribution in [3.63, 3.8) is 0 Å². The average Bonchev–Trinajstić information content (AvgIpc) is 2.32. The summed E-state index contributed by atoms with van der Waals surface area (Å²) in [7, 11) is 0. The molecule has 0 radical (unpaired) electrons. The second kappa shape index (κ2) is 4.37. The molecular formula is C13H9FO4. The van der Waals surface area contributed by atoms with E-state index in [1.165, 1.54) is 18.2 Å². The molecule has 2 rings (SSSR count). The lowest BCUT2D eigenvalue weighted by atomic mass is 10.0. The van der Waals surface area contributed by atoms with Gasteiger partial charge in [-0.3, -0.25) is 0 Å². The quantitative estimate of drug-likeness (QED) is 0.763. The topological polar surface area (TPSA) is 77.8 Å². The molecule has 2 aromatic carbocycles. The number of halogens is 1. The predicted molar refractivity (Wildman–Crippen MR) is 62.1 cm³/mol. The summed E-state index contributed by atoms with van der Waals surface area (Å²) in [5.74, 6) is -2.72. The van der Waals surface area contributed by atoms with Crippen molar-refractivity contribution in [2.24, 2.45) is 0 Å². The summed E-state index contributed by atoms with van der Waals surface area (Å²) in [5, 5.41) is 27.5. The number of benzene rings is 2. The van der Waals surface area contributed by atoms with Gasteiger partial charge in [0, 0.05) is 5.56 Å². The molecule has 0 amide bonds. The molecule has 0 aliphatic rings. The second-order valence-corrected chi connectivity index (χ2v) is 3.70. The lowest BCUT2D eigenvalue weighted by molar-refractivity contribution is 0.0696. The Morgan fingerprint density at radius 1 is 1.00 bits per heavy atom. The van der Waals surface area contributed by atoms with E-state index in [4.69, 9.17) is 10.2 Å². The minimum atomic E-state index is -1.16. The first-order valence-corrected chi connectivity index (χ1v) is 5.04. The third-order valence-corrected chi connectivity index (χ3v) is 2.50. The van der Waals surface area contributed by atoms with Crippen LogP contribution < -0.4 is 0 Å². The molecule has 18 heavy (non-hydrogen) atoms. The van der Waals surface area contributed by atoms with Gasteiger partial charge in [0.25, 0.3) is 0 Å². The van der Waals surface area contributed by atoms with E-state index < -0.39 is 17.5 Å². The number of hydrogen-bond acceptors (Lipinski definition) is 3. The summed E-state index contributed by atoms with van der Waals surface area (Å²) in [6, 6.07) is 7.42. The van der Waals surface area contributed by atoms with Gasteiger partial charge in [-0.2, -0.15) is 0 Å². The molecule has 0 aromatic heterocycles. The Labute approximate surface area is 102 Å². The third kappa shape index (κ3) is 2.10. The van der Waals surface area contributed by atoms with Crippen LogP contribution in [0.1, 0.15) is 10.4 Å². The fourth-order valence-corrected chi connectivity index (χ4v) is 1.58. The molecule has 0 fully saturated rings. The average molecular weight is 248 g/mol. The minimum absolute atomic E-state index is 0.0597. The van der Waals surface area contributed by atoms with Crippen molar-refractivity contribution in [3.05, 3.63) is 47.8 Å². The van der Waals surface area contributed by atoms with Crippen molar-refractivity contribution in [2.75, 3.05) is 0 Å². The van der Waals surface area contributed by atoms with E-state index in [0.717, 1.165) is 18.2 Å². The summed E-state index contributed by atoms with van der Waals surface area (Å²) in [6.45, 7) is 0. The van der Waals surface area contributed by atoms with Crippen molar-refractivity contribution in [1.29, 1.82) is 0 Å². The van der Waals surface area contributed by atoms with Gasteiger partial charge in [0.2, 0.25) is 0 Å². The summed E-state index contributed by atoms with van der Waals surface area (Å²) in [6.07, 6.45) is 0. The van der Waals surface area contributed by atoms with Crippen molar-refractivity contribution in [2.45, 2.75) is 0 Å². The van der Waals surface area contributed by atoms with Crippen LogP contribution in [0.5, 0.6) is 11.5 Å².